The monoisotopic (exact) mass is 217 g/mol. The van der Waals surface area contributed by atoms with E-state index in [0.29, 0.717) is 23.5 Å². The van der Waals surface area contributed by atoms with Crippen molar-refractivity contribution in [3.05, 3.63) is 28.8 Å². The van der Waals surface area contributed by atoms with Gasteiger partial charge < -0.3 is 4.74 Å². The van der Waals surface area contributed by atoms with Gasteiger partial charge in [0.1, 0.15) is 5.75 Å². The fraction of sp³-hybridized carbons (Fsp3) is 0.385. The summed E-state index contributed by atoms with van der Waals surface area (Å²) in [6, 6.07) is 5.45. The number of carbonyl (C=O) groups excluding carboxylic acids is 1. The van der Waals surface area contributed by atoms with Crippen LogP contribution in [0.15, 0.2) is 12.1 Å². The van der Waals surface area contributed by atoms with Gasteiger partial charge in [0.2, 0.25) is 0 Å². The van der Waals surface area contributed by atoms with E-state index in [2.05, 4.69) is 0 Å². The average Bonchev–Trinajstić information content (AvgIpc) is 2.28. The highest BCUT2D eigenvalue weighted by Crippen LogP contribution is 2.24. The first-order valence-corrected chi connectivity index (χ1v) is 5.34. The average molecular weight is 217 g/mol. The third kappa shape index (κ3) is 2.40. The van der Waals surface area contributed by atoms with Gasteiger partial charge in [-0.25, -0.2) is 0 Å². The smallest absolute Gasteiger partial charge is 0.161 e. The SMILES string of the molecule is CCOc1cc(C(C)=O)c(C#N)cc1CC. The van der Waals surface area contributed by atoms with E-state index < -0.39 is 0 Å². The second-order valence-electron chi connectivity index (χ2n) is 3.46. The Morgan fingerprint density at radius 2 is 2.12 bits per heavy atom. The zero-order valence-corrected chi connectivity index (χ0v) is 9.83. The van der Waals surface area contributed by atoms with E-state index in [0.717, 1.165) is 12.0 Å². The van der Waals surface area contributed by atoms with E-state index in [1.54, 1.807) is 12.1 Å². The minimum Gasteiger partial charge on any atom is -0.494 e. The standard InChI is InChI=1S/C13H15NO2/c1-4-10-6-11(8-14)12(9(3)15)7-13(10)16-5-2/h6-7H,4-5H2,1-3H3. The number of Topliss-reactive ketones (excluding diaryl/α,β-unsaturated/α-hetero) is 1. The topological polar surface area (TPSA) is 50.1 Å². The molecule has 3 heteroatoms. The summed E-state index contributed by atoms with van der Waals surface area (Å²) >= 11 is 0. The van der Waals surface area contributed by atoms with E-state index in [4.69, 9.17) is 10.00 Å². The third-order valence-electron chi connectivity index (χ3n) is 2.38. The number of nitrogens with zero attached hydrogens (tertiary/aromatic N) is 1. The predicted molar refractivity (Wildman–Crippen MR) is 61.7 cm³/mol. The number of rotatable bonds is 4. The molecule has 0 fully saturated rings. The highest BCUT2D eigenvalue weighted by Gasteiger charge is 2.12. The summed E-state index contributed by atoms with van der Waals surface area (Å²) in [6.45, 7) is 5.89. The molecule has 0 amide bonds. The molecule has 1 aromatic rings. The van der Waals surface area contributed by atoms with Gasteiger partial charge in [0.25, 0.3) is 0 Å². The van der Waals surface area contributed by atoms with Crippen LogP contribution in [0.2, 0.25) is 0 Å². The predicted octanol–water partition coefficient (Wildman–Crippen LogP) is 2.72. The van der Waals surface area contributed by atoms with E-state index in [1.165, 1.54) is 6.92 Å². The highest BCUT2D eigenvalue weighted by atomic mass is 16.5. The van der Waals surface area contributed by atoms with Crippen LogP contribution in [0, 0.1) is 11.3 Å². The zero-order chi connectivity index (χ0) is 12.1. The summed E-state index contributed by atoms with van der Waals surface area (Å²) in [7, 11) is 0. The number of aryl methyl sites for hydroxylation is 1. The molecule has 0 unspecified atom stereocenters. The van der Waals surface area contributed by atoms with Crippen molar-refractivity contribution in [2.24, 2.45) is 0 Å². The lowest BCUT2D eigenvalue weighted by Crippen LogP contribution is -2.02. The van der Waals surface area contributed by atoms with Gasteiger partial charge in [-0.2, -0.15) is 5.26 Å². The van der Waals surface area contributed by atoms with E-state index in [1.807, 2.05) is 19.9 Å². The number of hydrogen-bond donors (Lipinski definition) is 0. The van der Waals surface area contributed by atoms with Crippen LogP contribution >= 0.6 is 0 Å². The Morgan fingerprint density at radius 1 is 1.44 bits per heavy atom. The Kier molecular flexibility index (Phi) is 4.07. The van der Waals surface area contributed by atoms with Crippen molar-refractivity contribution < 1.29 is 9.53 Å². The lowest BCUT2D eigenvalue weighted by atomic mass is 10.00. The first-order chi connectivity index (χ1) is 7.63. The van der Waals surface area contributed by atoms with Crippen LogP contribution in [0.3, 0.4) is 0 Å². The molecule has 0 N–H and O–H groups in total. The molecule has 0 aliphatic heterocycles. The van der Waals surface area contributed by atoms with Crippen molar-refractivity contribution in [2.45, 2.75) is 27.2 Å². The Balaban J connectivity index is 3.36. The number of ketones is 1. The van der Waals surface area contributed by atoms with E-state index >= 15 is 0 Å². The molecule has 0 heterocycles. The minimum absolute atomic E-state index is 0.111. The minimum atomic E-state index is -0.111. The first-order valence-electron chi connectivity index (χ1n) is 5.34. The second-order valence-corrected chi connectivity index (χ2v) is 3.46. The molecule has 0 atom stereocenters. The van der Waals surface area contributed by atoms with Gasteiger partial charge in [-0.15, -0.1) is 0 Å². The normalized spacial score (nSPS) is 9.62. The summed E-state index contributed by atoms with van der Waals surface area (Å²) in [5.74, 6) is 0.592. The fourth-order valence-corrected chi connectivity index (χ4v) is 1.57. The number of ether oxygens (including phenoxy) is 1. The number of nitriles is 1. The van der Waals surface area contributed by atoms with Crippen molar-refractivity contribution in [1.82, 2.24) is 0 Å². The van der Waals surface area contributed by atoms with Crippen LogP contribution in [0.4, 0.5) is 0 Å². The van der Waals surface area contributed by atoms with Crippen molar-refractivity contribution in [3.63, 3.8) is 0 Å². The summed E-state index contributed by atoms with van der Waals surface area (Å²) in [5.41, 5.74) is 1.82. The summed E-state index contributed by atoms with van der Waals surface area (Å²) in [6.07, 6.45) is 0.780. The van der Waals surface area contributed by atoms with Gasteiger partial charge in [0.15, 0.2) is 5.78 Å². The summed E-state index contributed by atoms with van der Waals surface area (Å²) in [5, 5.41) is 8.97. The molecule has 0 aliphatic rings. The Bertz CT molecular complexity index is 444. The van der Waals surface area contributed by atoms with E-state index in [-0.39, 0.29) is 5.78 Å². The van der Waals surface area contributed by atoms with Crippen molar-refractivity contribution in [3.8, 4) is 11.8 Å². The lowest BCUT2D eigenvalue weighted by Gasteiger charge is -2.11. The molecule has 1 rings (SSSR count). The first kappa shape index (κ1) is 12.3. The number of hydrogen-bond acceptors (Lipinski definition) is 3. The molecule has 0 spiro atoms. The van der Waals surface area contributed by atoms with Gasteiger partial charge in [-0.05, 0) is 38.0 Å². The Morgan fingerprint density at radius 3 is 2.56 bits per heavy atom. The molecule has 3 nitrogen and oxygen atoms in total. The molecule has 0 aromatic heterocycles. The van der Waals surface area contributed by atoms with Crippen LogP contribution in [-0.2, 0) is 6.42 Å². The van der Waals surface area contributed by atoms with Gasteiger partial charge in [-0.3, -0.25) is 4.79 Å². The molecule has 0 saturated carbocycles. The van der Waals surface area contributed by atoms with Crippen LogP contribution in [0.5, 0.6) is 5.75 Å². The van der Waals surface area contributed by atoms with Gasteiger partial charge in [-0.1, -0.05) is 6.92 Å². The quantitative estimate of drug-likeness (QED) is 0.728. The summed E-state index contributed by atoms with van der Waals surface area (Å²) in [4.78, 5) is 11.4. The van der Waals surface area contributed by atoms with Crippen LogP contribution in [-0.4, -0.2) is 12.4 Å². The van der Waals surface area contributed by atoms with Gasteiger partial charge >= 0.3 is 0 Å². The zero-order valence-electron chi connectivity index (χ0n) is 9.83. The maximum atomic E-state index is 11.4. The maximum absolute atomic E-state index is 11.4. The third-order valence-corrected chi connectivity index (χ3v) is 2.38. The Labute approximate surface area is 95.7 Å². The lowest BCUT2D eigenvalue weighted by molar-refractivity contribution is 0.101. The molecule has 0 aliphatic carbocycles. The number of carbonyl (C=O) groups is 1. The molecule has 16 heavy (non-hydrogen) atoms. The van der Waals surface area contributed by atoms with Crippen molar-refractivity contribution in [2.75, 3.05) is 6.61 Å². The number of benzene rings is 1. The molecular formula is C13H15NO2. The van der Waals surface area contributed by atoms with Crippen molar-refractivity contribution >= 4 is 5.78 Å². The molecule has 0 radical (unpaired) electrons. The Hall–Kier alpha value is -1.82. The van der Waals surface area contributed by atoms with Crippen LogP contribution in [0.1, 0.15) is 42.3 Å². The van der Waals surface area contributed by atoms with Crippen LogP contribution < -0.4 is 4.74 Å². The maximum Gasteiger partial charge on any atom is 0.161 e. The van der Waals surface area contributed by atoms with Gasteiger partial charge in [0.05, 0.1) is 18.2 Å². The van der Waals surface area contributed by atoms with Crippen LogP contribution in [0.25, 0.3) is 0 Å². The highest BCUT2D eigenvalue weighted by molar-refractivity contribution is 5.97. The van der Waals surface area contributed by atoms with Gasteiger partial charge in [0, 0.05) is 5.56 Å². The molecule has 1 aromatic carbocycles. The summed E-state index contributed by atoms with van der Waals surface area (Å²) < 4.78 is 5.46. The molecule has 0 saturated heterocycles. The molecule has 84 valence electrons. The molecular weight excluding hydrogens is 202 g/mol. The second kappa shape index (κ2) is 5.32. The van der Waals surface area contributed by atoms with E-state index in [9.17, 15) is 4.79 Å². The van der Waals surface area contributed by atoms with Crippen molar-refractivity contribution in [1.29, 1.82) is 5.26 Å². The fourth-order valence-electron chi connectivity index (χ4n) is 1.57. The molecule has 0 bridgehead atoms. The largest absolute Gasteiger partial charge is 0.494 e.